The summed E-state index contributed by atoms with van der Waals surface area (Å²) in [7, 11) is 0. The molecule has 0 atom stereocenters. The van der Waals surface area contributed by atoms with Crippen LogP contribution in [0.3, 0.4) is 0 Å². The van der Waals surface area contributed by atoms with Crippen molar-refractivity contribution in [2.24, 2.45) is 5.41 Å². The lowest BCUT2D eigenvalue weighted by Crippen LogP contribution is -2.56. The maximum atomic E-state index is 13.9. The second-order valence-electron chi connectivity index (χ2n) is 8.69. The van der Waals surface area contributed by atoms with Gasteiger partial charge in [0.25, 0.3) is 0 Å². The Morgan fingerprint density at radius 1 is 0.963 bits per heavy atom. The fourth-order valence-electron chi connectivity index (χ4n) is 4.97. The lowest BCUT2D eigenvalue weighted by molar-refractivity contribution is 0.0234. The molecular weight excluding hydrogens is 451 g/mol. The minimum atomic E-state index is -0.434. The van der Waals surface area contributed by atoms with Crippen LogP contribution in [0.5, 0.6) is 5.75 Å². The van der Waals surface area contributed by atoms with E-state index in [9.17, 15) is 4.79 Å². The maximum absolute atomic E-state index is 13.9. The summed E-state index contributed by atoms with van der Waals surface area (Å²) in [5, 5.41) is 0. The molecule has 3 aliphatic heterocycles. The van der Waals surface area contributed by atoms with Gasteiger partial charge in [-0.25, -0.2) is 0 Å². The minimum absolute atomic E-state index is 0.310. The van der Waals surface area contributed by atoms with E-state index in [-0.39, 0.29) is 0 Å². The second-order valence-corrected chi connectivity index (χ2v) is 9.85. The summed E-state index contributed by atoms with van der Waals surface area (Å²) >= 11 is 2.31. The molecule has 4 nitrogen and oxygen atoms in total. The first-order chi connectivity index (χ1) is 13.1. The smallest absolute Gasteiger partial charge is 0.179 e. The number of ketones is 1. The number of ether oxygens (including phenoxy) is 1. The Morgan fingerprint density at radius 2 is 1.52 bits per heavy atom. The van der Waals surface area contributed by atoms with Gasteiger partial charge in [0, 0.05) is 16.7 Å². The number of carbonyl (C=O) groups is 1. The number of aryl methyl sites for hydroxylation is 1. The molecule has 5 heteroatoms. The molecule has 0 saturated carbocycles. The molecule has 27 heavy (non-hydrogen) atoms. The SMILES string of the molecule is Cc1cc(I)c2c(c1)OCC(CN1CCCCC1)(CN1CCCCC1)C2=O. The number of benzene rings is 1. The zero-order chi connectivity index (χ0) is 18.9. The number of fused-ring (bicyclic) bond motifs is 1. The molecule has 0 unspecified atom stereocenters. The van der Waals surface area contributed by atoms with Gasteiger partial charge in [0.15, 0.2) is 5.78 Å². The summed E-state index contributed by atoms with van der Waals surface area (Å²) in [5.41, 5.74) is 1.55. The van der Waals surface area contributed by atoms with Crippen LogP contribution in [0.2, 0.25) is 0 Å². The first kappa shape index (κ1) is 19.6. The zero-order valence-corrected chi connectivity index (χ0v) is 18.6. The standard InChI is InChI=1S/C22H31IN2O2/c1-17-12-18(23)20-19(13-17)27-16-22(21(20)26,14-24-8-4-2-5-9-24)15-25-10-6-3-7-11-25/h12-13H,2-11,14-16H2,1H3. The van der Waals surface area contributed by atoms with Gasteiger partial charge in [-0.3, -0.25) is 4.79 Å². The van der Waals surface area contributed by atoms with E-state index in [1.807, 2.05) is 6.07 Å². The Labute approximate surface area is 176 Å². The number of nitrogens with zero attached hydrogens (tertiary/aromatic N) is 2. The number of rotatable bonds is 4. The van der Waals surface area contributed by atoms with Gasteiger partial charge in [0.05, 0.1) is 11.0 Å². The van der Waals surface area contributed by atoms with Crippen molar-refractivity contribution in [2.75, 3.05) is 45.9 Å². The van der Waals surface area contributed by atoms with Crippen molar-refractivity contribution >= 4 is 28.4 Å². The molecule has 0 aliphatic carbocycles. The van der Waals surface area contributed by atoms with Crippen LogP contribution >= 0.6 is 22.6 Å². The number of piperidine rings is 2. The van der Waals surface area contributed by atoms with E-state index in [0.717, 1.165) is 59.7 Å². The average molecular weight is 482 g/mol. The van der Waals surface area contributed by atoms with Gasteiger partial charge in [-0.1, -0.05) is 12.8 Å². The predicted octanol–water partition coefficient (Wildman–Crippen LogP) is 4.13. The third kappa shape index (κ3) is 4.20. The number of carbonyl (C=O) groups excluding carboxylic acids is 1. The zero-order valence-electron chi connectivity index (χ0n) is 16.4. The Bertz CT molecular complexity index is 674. The van der Waals surface area contributed by atoms with Crippen LogP contribution < -0.4 is 4.74 Å². The van der Waals surface area contributed by atoms with E-state index < -0.39 is 5.41 Å². The molecule has 0 bridgehead atoms. The third-order valence-electron chi connectivity index (χ3n) is 6.36. The first-order valence-corrected chi connectivity index (χ1v) is 11.6. The summed E-state index contributed by atoms with van der Waals surface area (Å²) in [4.78, 5) is 18.9. The van der Waals surface area contributed by atoms with Crippen LogP contribution in [0.4, 0.5) is 0 Å². The predicted molar refractivity (Wildman–Crippen MR) is 117 cm³/mol. The van der Waals surface area contributed by atoms with Crippen molar-refractivity contribution < 1.29 is 9.53 Å². The molecule has 4 rings (SSSR count). The molecule has 1 aromatic rings. The van der Waals surface area contributed by atoms with Crippen molar-refractivity contribution in [3.8, 4) is 5.75 Å². The Morgan fingerprint density at radius 3 is 2.07 bits per heavy atom. The summed E-state index contributed by atoms with van der Waals surface area (Å²) < 4.78 is 7.31. The normalized spacial score (nSPS) is 23.7. The molecule has 3 aliphatic rings. The largest absolute Gasteiger partial charge is 0.492 e. The van der Waals surface area contributed by atoms with Gasteiger partial charge in [-0.2, -0.15) is 0 Å². The van der Waals surface area contributed by atoms with Gasteiger partial charge in [-0.15, -0.1) is 0 Å². The summed E-state index contributed by atoms with van der Waals surface area (Å²) in [6, 6.07) is 4.14. The molecule has 3 heterocycles. The van der Waals surface area contributed by atoms with Gasteiger partial charge >= 0.3 is 0 Å². The van der Waals surface area contributed by atoms with Gasteiger partial charge in [0.2, 0.25) is 0 Å². The van der Waals surface area contributed by atoms with E-state index >= 15 is 0 Å². The van der Waals surface area contributed by atoms with E-state index in [0.29, 0.717) is 12.4 Å². The lowest BCUT2D eigenvalue weighted by Gasteiger charge is -2.44. The first-order valence-electron chi connectivity index (χ1n) is 10.5. The fraction of sp³-hybridized carbons (Fsp3) is 0.682. The van der Waals surface area contributed by atoms with Crippen LogP contribution in [0, 0.1) is 15.9 Å². The molecule has 1 aromatic carbocycles. The highest BCUT2D eigenvalue weighted by Gasteiger charge is 2.47. The lowest BCUT2D eigenvalue weighted by atomic mass is 9.77. The molecule has 2 fully saturated rings. The monoisotopic (exact) mass is 482 g/mol. The average Bonchev–Trinajstić information content (AvgIpc) is 2.66. The molecule has 0 spiro atoms. The van der Waals surface area contributed by atoms with E-state index in [1.54, 1.807) is 0 Å². The second kappa shape index (κ2) is 8.37. The highest BCUT2D eigenvalue weighted by atomic mass is 127. The maximum Gasteiger partial charge on any atom is 0.179 e. The van der Waals surface area contributed by atoms with Gasteiger partial charge < -0.3 is 14.5 Å². The van der Waals surface area contributed by atoms with Crippen LogP contribution in [0.25, 0.3) is 0 Å². The van der Waals surface area contributed by atoms with Crippen molar-refractivity contribution in [2.45, 2.75) is 45.4 Å². The molecule has 0 N–H and O–H groups in total. The molecule has 0 amide bonds. The topological polar surface area (TPSA) is 32.8 Å². The fourth-order valence-corrected chi connectivity index (χ4v) is 5.97. The summed E-state index contributed by atoms with van der Waals surface area (Å²) in [5.74, 6) is 1.10. The van der Waals surface area contributed by atoms with E-state index in [2.05, 4.69) is 45.4 Å². The molecule has 0 radical (unpaired) electrons. The van der Waals surface area contributed by atoms with Crippen molar-refractivity contribution in [1.29, 1.82) is 0 Å². The van der Waals surface area contributed by atoms with E-state index in [4.69, 9.17) is 4.74 Å². The van der Waals surface area contributed by atoms with Gasteiger partial charge in [-0.05, 0) is 99.1 Å². The highest BCUT2D eigenvalue weighted by Crippen LogP contribution is 2.39. The van der Waals surface area contributed by atoms with Crippen LogP contribution in [-0.4, -0.2) is 61.5 Å². The Hall–Kier alpha value is -0.660. The summed E-state index contributed by atoms with van der Waals surface area (Å²) in [6.07, 6.45) is 7.65. The summed E-state index contributed by atoms with van der Waals surface area (Å²) in [6.45, 7) is 8.74. The molecule has 2 saturated heterocycles. The quantitative estimate of drug-likeness (QED) is 0.605. The van der Waals surface area contributed by atoms with Crippen LogP contribution in [0.15, 0.2) is 12.1 Å². The van der Waals surface area contributed by atoms with Crippen LogP contribution in [-0.2, 0) is 0 Å². The molecule has 0 aromatic heterocycles. The number of halogens is 1. The number of likely N-dealkylation sites (tertiary alicyclic amines) is 2. The van der Waals surface area contributed by atoms with E-state index in [1.165, 1.54) is 38.5 Å². The van der Waals surface area contributed by atoms with Crippen LogP contribution in [0.1, 0.15) is 54.4 Å². The number of Topliss-reactive ketones (excluding diaryl/α,β-unsaturated/α-hetero) is 1. The van der Waals surface area contributed by atoms with Gasteiger partial charge in [0.1, 0.15) is 12.4 Å². The Balaban J connectivity index is 1.65. The number of hydrogen-bond acceptors (Lipinski definition) is 4. The number of hydrogen-bond donors (Lipinski definition) is 0. The third-order valence-corrected chi connectivity index (χ3v) is 7.21. The highest BCUT2D eigenvalue weighted by molar-refractivity contribution is 14.1. The molecule has 148 valence electrons. The van der Waals surface area contributed by atoms with Crippen molar-refractivity contribution in [3.05, 3.63) is 26.8 Å². The van der Waals surface area contributed by atoms with Crippen molar-refractivity contribution in [1.82, 2.24) is 9.80 Å². The molecular formula is C22H31IN2O2. The Kier molecular flexibility index (Phi) is 6.09. The minimum Gasteiger partial charge on any atom is -0.492 e. The van der Waals surface area contributed by atoms with Crippen molar-refractivity contribution in [3.63, 3.8) is 0 Å².